The van der Waals surface area contributed by atoms with Crippen LogP contribution in [0.2, 0.25) is 0 Å². The molecular weight excluding hydrogens is 394 g/mol. The van der Waals surface area contributed by atoms with Crippen LogP contribution in [0.1, 0.15) is 33.5 Å². The van der Waals surface area contributed by atoms with E-state index in [0.717, 1.165) is 31.7 Å². The second-order valence-electron chi connectivity index (χ2n) is 6.46. The number of aromatic nitrogens is 3. The zero-order valence-electron chi connectivity index (χ0n) is 16.0. The Bertz CT molecular complexity index is 1000. The van der Waals surface area contributed by atoms with E-state index in [1.807, 2.05) is 13.2 Å². The van der Waals surface area contributed by atoms with Crippen molar-refractivity contribution >= 4 is 34.1 Å². The first-order valence-electron chi connectivity index (χ1n) is 9.07. The van der Waals surface area contributed by atoms with Crippen LogP contribution in [0.4, 0.5) is 5.13 Å². The van der Waals surface area contributed by atoms with Gasteiger partial charge in [0.25, 0.3) is 5.91 Å². The van der Waals surface area contributed by atoms with E-state index in [1.165, 1.54) is 16.6 Å². The summed E-state index contributed by atoms with van der Waals surface area (Å²) >= 11 is 2.96. The van der Waals surface area contributed by atoms with E-state index in [0.29, 0.717) is 33.0 Å². The molecule has 1 amide bonds. The van der Waals surface area contributed by atoms with Gasteiger partial charge in [0.15, 0.2) is 16.7 Å². The predicted octanol–water partition coefficient (Wildman–Crippen LogP) is 3.85. The maximum atomic E-state index is 13.0. The Balaban J connectivity index is 1.59. The Morgan fingerprint density at radius 3 is 2.96 bits per heavy atom. The van der Waals surface area contributed by atoms with Gasteiger partial charge in [0.1, 0.15) is 5.03 Å². The lowest BCUT2D eigenvalue weighted by molar-refractivity contribution is 0.102. The minimum absolute atomic E-state index is 0.230. The molecule has 0 spiro atoms. The summed E-state index contributed by atoms with van der Waals surface area (Å²) in [5.41, 5.74) is 2.18. The van der Waals surface area contributed by atoms with E-state index < -0.39 is 0 Å². The Morgan fingerprint density at radius 1 is 1.39 bits per heavy atom. The van der Waals surface area contributed by atoms with Gasteiger partial charge < -0.3 is 4.42 Å². The molecule has 0 bridgehead atoms. The molecule has 1 aliphatic heterocycles. The molecule has 0 saturated heterocycles. The number of thioether (sulfide) groups is 1. The molecule has 0 radical (unpaired) electrons. The van der Waals surface area contributed by atoms with Crippen molar-refractivity contribution in [1.82, 2.24) is 19.9 Å². The molecule has 0 aromatic carbocycles. The summed E-state index contributed by atoms with van der Waals surface area (Å²) in [6.45, 7) is 6.91. The monoisotopic (exact) mass is 415 g/mol. The van der Waals surface area contributed by atoms with Gasteiger partial charge in [-0.1, -0.05) is 6.92 Å². The number of anilines is 1. The quantitative estimate of drug-likeness (QED) is 0.500. The zero-order valence-corrected chi connectivity index (χ0v) is 17.6. The number of nitrogens with zero attached hydrogens (tertiary/aromatic N) is 4. The fourth-order valence-corrected chi connectivity index (χ4v) is 4.87. The first-order valence-corrected chi connectivity index (χ1v) is 11.1. The number of rotatable bonds is 5. The van der Waals surface area contributed by atoms with E-state index in [-0.39, 0.29) is 5.91 Å². The van der Waals surface area contributed by atoms with E-state index in [1.54, 1.807) is 29.7 Å². The van der Waals surface area contributed by atoms with Crippen LogP contribution >= 0.6 is 23.1 Å². The molecule has 3 aromatic rings. The summed E-state index contributed by atoms with van der Waals surface area (Å²) in [7, 11) is 0. The number of carbonyl (C=O) groups excluding carboxylic acids is 1. The molecular formula is C19H21N5O2S2. The lowest BCUT2D eigenvalue weighted by Crippen LogP contribution is -2.29. The predicted molar refractivity (Wildman–Crippen MR) is 111 cm³/mol. The minimum atomic E-state index is -0.230. The minimum Gasteiger partial charge on any atom is -0.461 e. The molecule has 0 unspecified atom stereocenters. The number of fused-ring (bicyclic) bond motifs is 1. The Morgan fingerprint density at radius 2 is 2.25 bits per heavy atom. The summed E-state index contributed by atoms with van der Waals surface area (Å²) in [6.07, 6.45) is 4.40. The number of amides is 1. The van der Waals surface area contributed by atoms with Crippen molar-refractivity contribution in [3.8, 4) is 11.6 Å². The third-order valence-corrected chi connectivity index (χ3v) is 6.38. The van der Waals surface area contributed by atoms with Gasteiger partial charge in [0, 0.05) is 24.4 Å². The highest BCUT2D eigenvalue weighted by Crippen LogP contribution is 2.30. The third kappa shape index (κ3) is 3.69. The Labute approximate surface area is 171 Å². The molecule has 0 fully saturated rings. The first kappa shape index (κ1) is 19.1. The van der Waals surface area contributed by atoms with Crippen molar-refractivity contribution in [1.29, 1.82) is 0 Å². The average molecular weight is 416 g/mol. The van der Waals surface area contributed by atoms with Crippen molar-refractivity contribution in [2.24, 2.45) is 0 Å². The van der Waals surface area contributed by atoms with Gasteiger partial charge in [-0.25, -0.2) is 15.0 Å². The molecule has 0 atom stereocenters. The smallest absolute Gasteiger partial charge is 0.262 e. The topological polar surface area (TPSA) is 84.2 Å². The lowest BCUT2D eigenvalue weighted by Gasteiger charge is -2.23. The summed E-state index contributed by atoms with van der Waals surface area (Å²) in [5.74, 6) is 0.831. The van der Waals surface area contributed by atoms with Crippen molar-refractivity contribution < 1.29 is 9.21 Å². The van der Waals surface area contributed by atoms with Gasteiger partial charge in [-0.15, -0.1) is 23.1 Å². The normalized spacial score (nSPS) is 14.1. The molecule has 0 aliphatic carbocycles. The number of hydrogen-bond acceptors (Lipinski definition) is 8. The van der Waals surface area contributed by atoms with Crippen molar-refractivity contribution in [2.45, 2.75) is 31.8 Å². The van der Waals surface area contributed by atoms with Crippen LogP contribution in [-0.4, -0.2) is 45.1 Å². The summed E-state index contributed by atoms with van der Waals surface area (Å²) in [4.78, 5) is 30.2. The summed E-state index contributed by atoms with van der Waals surface area (Å²) in [5, 5.41) is 4.21. The molecule has 9 heteroatoms. The molecule has 1 N–H and O–H groups in total. The highest BCUT2D eigenvalue weighted by molar-refractivity contribution is 7.98. The largest absolute Gasteiger partial charge is 0.461 e. The molecule has 28 heavy (non-hydrogen) atoms. The third-order valence-electron chi connectivity index (χ3n) is 4.70. The van der Waals surface area contributed by atoms with Gasteiger partial charge in [-0.05, 0) is 31.9 Å². The van der Waals surface area contributed by atoms with Crippen molar-refractivity contribution in [2.75, 3.05) is 24.7 Å². The van der Waals surface area contributed by atoms with Crippen LogP contribution < -0.4 is 5.32 Å². The van der Waals surface area contributed by atoms with E-state index in [4.69, 9.17) is 4.42 Å². The zero-order chi connectivity index (χ0) is 19.7. The second kappa shape index (κ2) is 8.02. The molecule has 4 rings (SSSR count). The number of thiazole rings is 1. The highest BCUT2D eigenvalue weighted by Gasteiger charge is 2.23. The standard InChI is InChI=1S/C19H21N5O2S2/c1-4-24-8-7-12-14(10-24)28-19(21-12)23-17(25)15-11(2)20-16(22-18(15)27-3)13-6-5-9-26-13/h5-6,9H,4,7-8,10H2,1-3H3,(H,21,23,25). The summed E-state index contributed by atoms with van der Waals surface area (Å²) < 4.78 is 5.39. The van der Waals surface area contributed by atoms with Crippen LogP contribution in [-0.2, 0) is 13.0 Å². The van der Waals surface area contributed by atoms with Crippen molar-refractivity contribution in [3.63, 3.8) is 0 Å². The lowest BCUT2D eigenvalue weighted by atomic mass is 10.2. The van der Waals surface area contributed by atoms with Crippen LogP contribution in [0.15, 0.2) is 27.8 Å². The van der Waals surface area contributed by atoms with Gasteiger partial charge in [0.2, 0.25) is 0 Å². The fraction of sp³-hybridized carbons (Fsp3) is 0.368. The molecule has 1 aliphatic rings. The molecule has 146 valence electrons. The highest BCUT2D eigenvalue weighted by atomic mass is 32.2. The van der Waals surface area contributed by atoms with Crippen LogP contribution in [0.3, 0.4) is 0 Å². The number of aryl methyl sites for hydroxylation is 1. The maximum Gasteiger partial charge on any atom is 0.262 e. The average Bonchev–Trinajstić information content (AvgIpc) is 3.35. The van der Waals surface area contributed by atoms with Crippen molar-refractivity contribution in [3.05, 3.63) is 40.2 Å². The van der Waals surface area contributed by atoms with Gasteiger partial charge in [-0.3, -0.25) is 15.0 Å². The number of likely N-dealkylation sites (N-methyl/N-ethyl adjacent to an activating group) is 1. The molecule has 3 aromatic heterocycles. The van der Waals surface area contributed by atoms with Crippen LogP contribution in [0, 0.1) is 6.92 Å². The van der Waals surface area contributed by atoms with E-state index in [2.05, 4.69) is 32.1 Å². The van der Waals surface area contributed by atoms with Gasteiger partial charge in [-0.2, -0.15) is 0 Å². The Hall–Kier alpha value is -2.23. The number of hydrogen-bond donors (Lipinski definition) is 1. The second-order valence-corrected chi connectivity index (χ2v) is 8.33. The van der Waals surface area contributed by atoms with Gasteiger partial charge >= 0.3 is 0 Å². The van der Waals surface area contributed by atoms with Crippen LogP contribution in [0.5, 0.6) is 0 Å². The van der Waals surface area contributed by atoms with E-state index >= 15 is 0 Å². The molecule has 7 nitrogen and oxygen atoms in total. The Kier molecular flexibility index (Phi) is 5.47. The SMILES string of the molecule is CCN1CCc2nc(NC(=O)c3c(C)nc(-c4ccco4)nc3SC)sc2C1. The van der Waals surface area contributed by atoms with Gasteiger partial charge in [0.05, 0.1) is 23.2 Å². The number of nitrogens with one attached hydrogen (secondary N) is 1. The fourth-order valence-electron chi connectivity index (χ4n) is 3.20. The first-order chi connectivity index (χ1) is 13.6. The molecule has 0 saturated carbocycles. The molecule has 4 heterocycles. The maximum absolute atomic E-state index is 13.0. The van der Waals surface area contributed by atoms with Crippen LogP contribution in [0.25, 0.3) is 11.6 Å². The van der Waals surface area contributed by atoms with E-state index in [9.17, 15) is 4.79 Å². The number of furan rings is 1. The number of carbonyl (C=O) groups is 1. The summed E-state index contributed by atoms with van der Waals surface area (Å²) in [6, 6.07) is 3.59.